The van der Waals surface area contributed by atoms with Crippen LogP contribution in [0.2, 0.25) is 5.02 Å². The Morgan fingerprint density at radius 3 is 2.50 bits per heavy atom. The zero-order valence-corrected chi connectivity index (χ0v) is 18.8. The summed E-state index contributed by atoms with van der Waals surface area (Å²) < 4.78 is 7.28. The summed E-state index contributed by atoms with van der Waals surface area (Å²) in [4.78, 5) is 12.4. The lowest BCUT2D eigenvalue weighted by Gasteiger charge is -2.11. The minimum absolute atomic E-state index is 0.285. The third kappa shape index (κ3) is 4.64. The lowest BCUT2D eigenvalue weighted by Crippen LogP contribution is -2.17. The molecular formula is C26H25ClN2O3. The van der Waals surface area contributed by atoms with Crippen molar-refractivity contribution in [3.63, 3.8) is 0 Å². The molecule has 4 aromatic rings. The minimum Gasteiger partial charge on any atom is -0.497 e. The molecule has 5 nitrogen and oxygen atoms in total. The highest BCUT2D eigenvalue weighted by Crippen LogP contribution is 2.31. The number of carboxylic acid groups (broad SMARTS) is 1. The highest BCUT2D eigenvalue weighted by atomic mass is 35.5. The summed E-state index contributed by atoms with van der Waals surface area (Å²) in [5, 5.41) is 15.1. The smallest absolute Gasteiger partial charge is 0.352 e. The van der Waals surface area contributed by atoms with Gasteiger partial charge in [0.1, 0.15) is 11.4 Å². The highest BCUT2D eigenvalue weighted by molar-refractivity contribution is 6.30. The van der Waals surface area contributed by atoms with Crippen LogP contribution in [0, 0.1) is 6.92 Å². The fourth-order valence-corrected chi connectivity index (χ4v) is 4.18. The van der Waals surface area contributed by atoms with E-state index >= 15 is 0 Å². The number of halogens is 1. The van der Waals surface area contributed by atoms with Crippen LogP contribution in [-0.2, 0) is 19.6 Å². The highest BCUT2D eigenvalue weighted by Gasteiger charge is 2.23. The number of nitrogens with zero attached hydrogens (tertiary/aromatic N) is 1. The van der Waals surface area contributed by atoms with E-state index in [9.17, 15) is 9.90 Å². The van der Waals surface area contributed by atoms with Crippen molar-refractivity contribution in [2.24, 2.45) is 0 Å². The van der Waals surface area contributed by atoms with Gasteiger partial charge in [0.2, 0.25) is 0 Å². The van der Waals surface area contributed by atoms with E-state index in [0.29, 0.717) is 30.4 Å². The Morgan fingerprint density at radius 2 is 1.81 bits per heavy atom. The van der Waals surface area contributed by atoms with E-state index in [2.05, 4.69) is 5.32 Å². The van der Waals surface area contributed by atoms with Gasteiger partial charge in [-0.15, -0.1) is 0 Å². The van der Waals surface area contributed by atoms with Crippen molar-refractivity contribution in [2.45, 2.75) is 26.6 Å². The maximum atomic E-state index is 12.4. The number of hydrogen-bond acceptors (Lipinski definition) is 3. The fourth-order valence-electron chi connectivity index (χ4n) is 3.97. The third-order valence-corrected chi connectivity index (χ3v) is 5.80. The summed E-state index contributed by atoms with van der Waals surface area (Å²) in [6.45, 7) is 3.49. The summed E-state index contributed by atoms with van der Waals surface area (Å²) in [6, 6.07) is 21.5. The first-order chi connectivity index (χ1) is 15.5. The van der Waals surface area contributed by atoms with Crippen LogP contribution in [0.3, 0.4) is 0 Å². The van der Waals surface area contributed by atoms with Gasteiger partial charge in [0.25, 0.3) is 0 Å². The van der Waals surface area contributed by atoms with E-state index in [1.54, 1.807) is 7.11 Å². The van der Waals surface area contributed by atoms with E-state index in [0.717, 1.165) is 33.2 Å². The number of aryl methyl sites for hydroxylation is 1. The molecule has 0 aliphatic heterocycles. The Morgan fingerprint density at radius 1 is 1.03 bits per heavy atom. The molecule has 0 atom stereocenters. The van der Waals surface area contributed by atoms with Crippen LogP contribution in [-0.4, -0.2) is 22.8 Å². The maximum Gasteiger partial charge on any atom is 0.352 e. The normalized spacial score (nSPS) is 11.1. The largest absolute Gasteiger partial charge is 0.497 e. The number of methoxy groups -OCH3 is 1. The average molecular weight is 449 g/mol. The predicted molar refractivity (Wildman–Crippen MR) is 128 cm³/mol. The van der Waals surface area contributed by atoms with Gasteiger partial charge in [0, 0.05) is 41.7 Å². The number of carboxylic acids is 1. The number of aromatic nitrogens is 1. The number of rotatable bonds is 8. The first-order valence-corrected chi connectivity index (χ1v) is 10.8. The van der Waals surface area contributed by atoms with Crippen molar-refractivity contribution in [3.05, 3.63) is 99.7 Å². The Hall–Kier alpha value is -3.28. The molecule has 0 aliphatic carbocycles. The van der Waals surface area contributed by atoms with Gasteiger partial charge in [0.15, 0.2) is 0 Å². The van der Waals surface area contributed by atoms with Crippen molar-refractivity contribution in [1.29, 1.82) is 0 Å². The molecule has 32 heavy (non-hydrogen) atoms. The molecule has 0 saturated heterocycles. The number of aromatic carboxylic acids is 1. The summed E-state index contributed by atoms with van der Waals surface area (Å²) in [7, 11) is 1.61. The molecule has 4 rings (SSSR count). The van der Waals surface area contributed by atoms with Gasteiger partial charge in [-0.05, 0) is 42.3 Å². The number of ether oxygens (including phenoxy) is 1. The Kier molecular flexibility index (Phi) is 6.49. The maximum absolute atomic E-state index is 12.4. The van der Waals surface area contributed by atoms with Crippen LogP contribution in [0.15, 0.2) is 66.7 Å². The fraction of sp³-hybridized carbons (Fsp3) is 0.192. The molecule has 6 heteroatoms. The second kappa shape index (κ2) is 9.47. The molecule has 1 heterocycles. The lowest BCUT2D eigenvalue weighted by molar-refractivity contribution is 0.0684. The number of nitrogens with one attached hydrogen (secondary N) is 1. The third-order valence-electron chi connectivity index (χ3n) is 5.56. The second-order valence-corrected chi connectivity index (χ2v) is 8.26. The van der Waals surface area contributed by atoms with Gasteiger partial charge in [-0.25, -0.2) is 4.79 Å². The molecule has 1 aromatic heterocycles. The first-order valence-electron chi connectivity index (χ1n) is 10.4. The number of fused-ring (bicyclic) bond motifs is 1. The summed E-state index contributed by atoms with van der Waals surface area (Å²) in [6.07, 6.45) is 0. The van der Waals surface area contributed by atoms with E-state index in [4.69, 9.17) is 16.3 Å². The lowest BCUT2D eigenvalue weighted by atomic mass is 10.1. The zero-order chi connectivity index (χ0) is 22.7. The molecule has 2 N–H and O–H groups in total. The Labute approximate surface area is 192 Å². The number of benzene rings is 3. The monoisotopic (exact) mass is 448 g/mol. The standard InChI is InChI=1S/C26H25ClN2O3/c1-17-6-8-18(9-7-17)16-29-24-13-21(32-2)10-11-22(24)23(25(29)26(30)31)15-28-14-19-4-3-5-20(27)12-19/h3-13,28H,14-16H2,1-2H3,(H,30,31). The van der Waals surface area contributed by atoms with Crippen LogP contribution >= 0.6 is 11.6 Å². The molecule has 0 fully saturated rings. The molecule has 164 valence electrons. The quantitative estimate of drug-likeness (QED) is 0.365. The van der Waals surface area contributed by atoms with Crippen LogP contribution in [0.25, 0.3) is 10.9 Å². The van der Waals surface area contributed by atoms with Gasteiger partial charge in [-0.2, -0.15) is 0 Å². The summed E-state index contributed by atoms with van der Waals surface area (Å²) >= 11 is 6.08. The Bertz CT molecular complexity index is 1260. The average Bonchev–Trinajstić information content (AvgIpc) is 3.08. The summed E-state index contributed by atoms with van der Waals surface area (Å²) in [5.41, 5.74) is 5.12. The Balaban J connectivity index is 1.74. The molecule has 3 aromatic carbocycles. The van der Waals surface area contributed by atoms with Gasteiger partial charge in [-0.3, -0.25) is 0 Å². The van der Waals surface area contributed by atoms with E-state index < -0.39 is 5.97 Å². The van der Waals surface area contributed by atoms with Crippen LogP contribution in [0.1, 0.15) is 32.7 Å². The van der Waals surface area contributed by atoms with Gasteiger partial charge in [0.05, 0.1) is 12.6 Å². The van der Waals surface area contributed by atoms with E-state index in [-0.39, 0.29) is 5.69 Å². The van der Waals surface area contributed by atoms with Crippen molar-refractivity contribution in [2.75, 3.05) is 7.11 Å². The number of hydrogen-bond donors (Lipinski definition) is 2. The number of carbonyl (C=O) groups is 1. The molecule has 0 amide bonds. The minimum atomic E-state index is -0.952. The molecule has 0 radical (unpaired) electrons. The van der Waals surface area contributed by atoms with E-state index in [1.165, 1.54) is 0 Å². The first kappa shape index (κ1) is 21.9. The van der Waals surface area contributed by atoms with Crippen molar-refractivity contribution >= 4 is 28.5 Å². The van der Waals surface area contributed by atoms with Crippen LogP contribution in [0.4, 0.5) is 0 Å². The molecule has 0 unspecified atom stereocenters. The van der Waals surface area contributed by atoms with Crippen molar-refractivity contribution in [3.8, 4) is 5.75 Å². The van der Waals surface area contributed by atoms with Gasteiger partial charge < -0.3 is 19.7 Å². The van der Waals surface area contributed by atoms with Crippen LogP contribution in [0.5, 0.6) is 5.75 Å². The molecule has 0 saturated carbocycles. The molecule has 0 aliphatic rings. The van der Waals surface area contributed by atoms with Crippen molar-refractivity contribution in [1.82, 2.24) is 9.88 Å². The summed E-state index contributed by atoms with van der Waals surface area (Å²) in [5.74, 6) is -0.262. The van der Waals surface area contributed by atoms with Gasteiger partial charge >= 0.3 is 5.97 Å². The topological polar surface area (TPSA) is 63.5 Å². The molecule has 0 bridgehead atoms. The van der Waals surface area contributed by atoms with E-state index in [1.807, 2.05) is 78.2 Å². The SMILES string of the molecule is COc1ccc2c(CNCc3cccc(Cl)c3)c(C(=O)O)n(Cc3ccc(C)cc3)c2c1. The zero-order valence-electron chi connectivity index (χ0n) is 18.1. The predicted octanol–water partition coefficient (Wildman–Crippen LogP) is 5.65. The molecular weight excluding hydrogens is 424 g/mol. The van der Waals surface area contributed by atoms with Crippen molar-refractivity contribution < 1.29 is 14.6 Å². The second-order valence-electron chi connectivity index (χ2n) is 7.82. The van der Waals surface area contributed by atoms with Crippen LogP contribution < -0.4 is 10.1 Å². The molecule has 0 spiro atoms. The van der Waals surface area contributed by atoms with Gasteiger partial charge in [-0.1, -0.05) is 53.6 Å².